The lowest BCUT2D eigenvalue weighted by molar-refractivity contribution is -0.649. The number of aromatic nitrogens is 4. The Morgan fingerprint density at radius 3 is 2.22 bits per heavy atom. The van der Waals surface area contributed by atoms with Gasteiger partial charge in [0.1, 0.15) is 17.3 Å². The summed E-state index contributed by atoms with van der Waals surface area (Å²) >= 11 is 0. The van der Waals surface area contributed by atoms with Crippen LogP contribution in [0.1, 0.15) is 48.6 Å². The van der Waals surface area contributed by atoms with E-state index < -0.39 is 5.41 Å². The minimum atomic E-state index is -0.622. The molecule has 5 heteroatoms. The van der Waals surface area contributed by atoms with Crippen LogP contribution >= 0.6 is 0 Å². The van der Waals surface area contributed by atoms with Crippen molar-refractivity contribution in [1.82, 2.24) is 14.1 Å². The van der Waals surface area contributed by atoms with Crippen LogP contribution in [0.3, 0.4) is 0 Å². The van der Waals surface area contributed by atoms with E-state index >= 15 is 0 Å². The topological polar surface area (TPSA) is 35.9 Å². The molecule has 282 valence electrons. The van der Waals surface area contributed by atoms with Crippen molar-refractivity contribution in [3.05, 3.63) is 204 Å². The Balaban J connectivity index is 1.12. The molecule has 1 aliphatic carbocycles. The minimum Gasteiger partial charge on any atom is -0.458 e. The zero-order valence-electron chi connectivity index (χ0n) is 33.4. The molecule has 7 aromatic carbocycles. The van der Waals surface area contributed by atoms with E-state index in [9.17, 15) is 0 Å². The summed E-state index contributed by atoms with van der Waals surface area (Å²) in [6, 6.07) is 59.4. The Kier molecular flexibility index (Phi) is 6.97. The molecule has 0 saturated heterocycles. The molecular weight excluding hydrogens is 721 g/mol. The van der Waals surface area contributed by atoms with Gasteiger partial charge in [-0.1, -0.05) is 136 Å². The number of hydrogen-bond acceptors (Lipinski definition) is 2. The fourth-order valence-electron chi connectivity index (χ4n) is 10.2. The van der Waals surface area contributed by atoms with Crippen LogP contribution in [0.2, 0.25) is 0 Å². The Labute approximate surface area is 343 Å². The number of fused-ring (bicyclic) bond motifs is 12. The van der Waals surface area contributed by atoms with Gasteiger partial charge in [0.05, 0.1) is 40.2 Å². The van der Waals surface area contributed by atoms with Gasteiger partial charge in [-0.15, -0.1) is 0 Å². The monoisotopic (exact) mass is 760 g/mol. The van der Waals surface area contributed by atoms with E-state index in [1.54, 1.807) is 0 Å². The van der Waals surface area contributed by atoms with Gasteiger partial charge in [0.25, 0.3) is 0 Å². The molecule has 59 heavy (non-hydrogen) atoms. The fraction of sp³-hybridized carbons (Fsp3) is 0.111. The molecule has 1 atom stereocenters. The molecule has 0 amide bonds. The van der Waals surface area contributed by atoms with Gasteiger partial charge >= 0.3 is 0 Å². The number of rotatable bonds is 4. The highest BCUT2D eigenvalue weighted by molar-refractivity contribution is 6.09. The van der Waals surface area contributed by atoms with Gasteiger partial charge in [-0.05, 0) is 98.0 Å². The first kappa shape index (κ1) is 33.9. The van der Waals surface area contributed by atoms with Crippen molar-refractivity contribution < 1.29 is 9.30 Å². The van der Waals surface area contributed by atoms with Gasteiger partial charge < -0.3 is 13.9 Å². The Bertz CT molecular complexity index is 3350. The summed E-state index contributed by atoms with van der Waals surface area (Å²) in [6.45, 7) is 6.93. The summed E-state index contributed by atoms with van der Waals surface area (Å²) in [6.07, 6.45) is 5.55. The van der Waals surface area contributed by atoms with Gasteiger partial charge in [-0.2, -0.15) is 0 Å². The molecule has 0 fully saturated rings. The largest absolute Gasteiger partial charge is 0.458 e. The van der Waals surface area contributed by atoms with Gasteiger partial charge in [-0.25, -0.2) is 4.98 Å². The normalized spacial score (nSPS) is 15.2. The Hall–Kier alpha value is -7.24. The predicted molar refractivity (Wildman–Crippen MR) is 237 cm³/mol. The average molecular weight is 761 g/mol. The van der Waals surface area contributed by atoms with Gasteiger partial charge in [-0.3, -0.25) is 4.57 Å². The van der Waals surface area contributed by atoms with Crippen molar-refractivity contribution in [2.45, 2.75) is 31.6 Å². The van der Waals surface area contributed by atoms with Crippen molar-refractivity contribution in [1.29, 1.82) is 0 Å². The van der Waals surface area contributed by atoms with Gasteiger partial charge in [0.15, 0.2) is 0 Å². The van der Waals surface area contributed by atoms with E-state index in [0.29, 0.717) is 0 Å². The first-order valence-electron chi connectivity index (χ1n) is 20.4. The number of aryl methyl sites for hydroxylation is 1. The number of benzene rings is 7. The number of pyridine rings is 1. The van der Waals surface area contributed by atoms with E-state index in [2.05, 4.69) is 200 Å². The number of imidazole rings is 1. The van der Waals surface area contributed by atoms with Crippen LogP contribution in [0.4, 0.5) is 0 Å². The van der Waals surface area contributed by atoms with Crippen LogP contribution in [-0.4, -0.2) is 14.1 Å². The van der Waals surface area contributed by atoms with Crippen LogP contribution in [0, 0.1) is 6.33 Å². The second-order valence-electron chi connectivity index (χ2n) is 17.0. The van der Waals surface area contributed by atoms with Crippen LogP contribution < -0.4 is 9.30 Å². The second kappa shape index (κ2) is 12.1. The Morgan fingerprint density at radius 2 is 1.37 bits per heavy atom. The van der Waals surface area contributed by atoms with Crippen LogP contribution in [0.5, 0.6) is 11.5 Å². The standard InChI is InChI=1S/C54H40N4O/c1-53(2,3)35-23-26-39-42-18-12-17-38(34-14-6-5-7-15-34)51(42)54(45(39)30-35)43-28-25-37(32-49(43)57-33-56(4)47-21-13-19-44(54)52(47)57)59-36-24-27-41-40-16-8-9-20-46(40)58(48(41)31-36)50-22-10-11-29-55-50/h5-32H,1-4H3. The van der Waals surface area contributed by atoms with E-state index in [4.69, 9.17) is 9.72 Å². The molecule has 0 radical (unpaired) electrons. The van der Waals surface area contributed by atoms with E-state index in [1.165, 1.54) is 55.5 Å². The first-order chi connectivity index (χ1) is 28.8. The maximum atomic E-state index is 6.91. The van der Waals surface area contributed by atoms with Gasteiger partial charge in [0.2, 0.25) is 6.33 Å². The quantitative estimate of drug-likeness (QED) is 0.132. The highest BCUT2D eigenvalue weighted by Gasteiger charge is 2.51. The smallest absolute Gasteiger partial charge is 0.244 e. The molecule has 1 aliphatic heterocycles. The van der Waals surface area contributed by atoms with Crippen molar-refractivity contribution in [3.8, 4) is 45.3 Å². The summed E-state index contributed by atoms with van der Waals surface area (Å²) in [4.78, 5) is 4.75. The lowest BCUT2D eigenvalue weighted by Crippen LogP contribution is -2.34. The minimum absolute atomic E-state index is 0.0434. The van der Waals surface area contributed by atoms with Crippen LogP contribution in [0.25, 0.3) is 66.6 Å². The summed E-state index contributed by atoms with van der Waals surface area (Å²) in [5.74, 6) is 2.39. The van der Waals surface area contributed by atoms with Crippen molar-refractivity contribution in [2.24, 2.45) is 7.05 Å². The fourth-order valence-corrected chi connectivity index (χ4v) is 10.2. The molecule has 1 spiro atoms. The van der Waals surface area contributed by atoms with E-state index in [1.807, 2.05) is 18.3 Å². The maximum absolute atomic E-state index is 6.91. The highest BCUT2D eigenvalue weighted by Crippen LogP contribution is 2.62. The highest BCUT2D eigenvalue weighted by atomic mass is 16.5. The van der Waals surface area contributed by atoms with E-state index in [0.717, 1.165) is 50.5 Å². The third-order valence-corrected chi connectivity index (χ3v) is 12.7. The molecule has 12 rings (SSSR count). The van der Waals surface area contributed by atoms with Crippen molar-refractivity contribution >= 4 is 32.8 Å². The molecule has 4 heterocycles. The first-order valence-corrected chi connectivity index (χ1v) is 20.4. The zero-order valence-corrected chi connectivity index (χ0v) is 33.4. The molecular formula is C54H40N4O. The number of para-hydroxylation sites is 2. The third-order valence-electron chi connectivity index (χ3n) is 12.7. The lowest BCUT2D eigenvalue weighted by Gasteiger charge is -2.41. The number of nitrogens with zero attached hydrogens (tertiary/aromatic N) is 4. The summed E-state index contributed by atoms with van der Waals surface area (Å²) in [5.41, 5.74) is 16.2. The molecule has 3 aromatic heterocycles. The predicted octanol–water partition coefficient (Wildman–Crippen LogP) is 12.2. The summed E-state index contributed by atoms with van der Waals surface area (Å²) < 4.78 is 13.5. The summed E-state index contributed by atoms with van der Waals surface area (Å²) in [5, 5.41) is 2.33. The summed E-state index contributed by atoms with van der Waals surface area (Å²) in [7, 11) is 2.10. The second-order valence-corrected chi connectivity index (χ2v) is 17.0. The molecule has 5 nitrogen and oxygen atoms in total. The third kappa shape index (κ3) is 4.67. The van der Waals surface area contributed by atoms with Crippen LogP contribution in [0.15, 0.2) is 170 Å². The van der Waals surface area contributed by atoms with Crippen molar-refractivity contribution in [3.63, 3.8) is 0 Å². The molecule has 0 saturated carbocycles. The molecule has 1 unspecified atom stereocenters. The Morgan fingerprint density at radius 1 is 0.610 bits per heavy atom. The van der Waals surface area contributed by atoms with Crippen LogP contribution in [-0.2, 0) is 17.9 Å². The zero-order chi connectivity index (χ0) is 39.6. The van der Waals surface area contributed by atoms with Crippen molar-refractivity contribution in [2.75, 3.05) is 0 Å². The average Bonchev–Trinajstić information content (AvgIpc) is 3.89. The molecule has 2 aliphatic rings. The van der Waals surface area contributed by atoms with E-state index in [-0.39, 0.29) is 5.41 Å². The number of ether oxygens (including phenoxy) is 1. The molecule has 0 bridgehead atoms. The number of hydrogen-bond donors (Lipinski definition) is 0. The molecule has 0 N–H and O–H groups in total. The SMILES string of the molecule is C[n+]1[c-]n2c3c(cccc31)C1(c3cc(C(C)(C)C)ccc3-c3cccc(-c4ccccc4)c31)c1ccc(Oc3ccc4c5ccccc5n(-c5ccccn5)c4c3)cc1-2. The van der Waals surface area contributed by atoms with Gasteiger partial charge in [0, 0.05) is 23.0 Å². The maximum Gasteiger partial charge on any atom is 0.244 e. The molecule has 10 aromatic rings. The lowest BCUT2D eigenvalue weighted by atomic mass is 9.63.